The molecule has 1 rings (SSSR count). The third-order valence-corrected chi connectivity index (χ3v) is 2.33. The molecule has 4 heteroatoms. The number of piperidine rings is 1. The number of carbonyl (C=O) groups is 1. The second-order valence-corrected chi connectivity index (χ2v) is 3.64. The van der Waals surface area contributed by atoms with E-state index in [0.717, 1.165) is 25.9 Å². The van der Waals surface area contributed by atoms with Gasteiger partial charge in [0.15, 0.2) is 0 Å². The van der Waals surface area contributed by atoms with Crippen molar-refractivity contribution in [1.82, 2.24) is 10.6 Å². The SMILES string of the molecule is CC(CO)NC(=O)[C@H]1CCCNC1. The summed E-state index contributed by atoms with van der Waals surface area (Å²) in [5.41, 5.74) is 0. The van der Waals surface area contributed by atoms with E-state index in [1.165, 1.54) is 0 Å². The Morgan fingerprint density at radius 1 is 1.77 bits per heavy atom. The number of hydrogen-bond donors (Lipinski definition) is 3. The second kappa shape index (κ2) is 5.19. The Balaban J connectivity index is 2.29. The van der Waals surface area contributed by atoms with Crippen LogP contribution in [0.5, 0.6) is 0 Å². The number of hydrogen-bond acceptors (Lipinski definition) is 3. The summed E-state index contributed by atoms with van der Waals surface area (Å²) >= 11 is 0. The number of aliphatic hydroxyl groups is 1. The summed E-state index contributed by atoms with van der Waals surface area (Å²) in [7, 11) is 0. The highest BCUT2D eigenvalue weighted by atomic mass is 16.3. The zero-order chi connectivity index (χ0) is 9.68. The van der Waals surface area contributed by atoms with Gasteiger partial charge in [-0.15, -0.1) is 0 Å². The molecule has 2 atom stereocenters. The third kappa shape index (κ3) is 3.32. The molecule has 13 heavy (non-hydrogen) atoms. The van der Waals surface area contributed by atoms with Gasteiger partial charge in [-0.3, -0.25) is 4.79 Å². The standard InChI is InChI=1S/C9H18N2O2/c1-7(6-12)11-9(13)8-3-2-4-10-5-8/h7-8,10,12H,2-6H2,1H3,(H,11,13)/t7?,8-/m0/s1. The van der Waals surface area contributed by atoms with Crippen molar-refractivity contribution in [3.63, 3.8) is 0 Å². The van der Waals surface area contributed by atoms with Crippen LogP contribution in [-0.2, 0) is 4.79 Å². The van der Waals surface area contributed by atoms with Gasteiger partial charge in [-0.1, -0.05) is 0 Å². The van der Waals surface area contributed by atoms with Crippen molar-refractivity contribution in [3.05, 3.63) is 0 Å². The third-order valence-electron chi connectivity index (χ3n) is 2.33. The van der Waals surface area contributed by atoms with Crippen molar-refractivity contribution < 1.29 is 9.90 Å². The monoisotopic (exact) mass is 186 g/mol. The van der Waals surface area contributed by atoms with Gasteiger partial charge in [0, 0.05) is 12.6 Å². The van der Waals surface area contributed by atoms with Crippen molar-refractivity contribution in [1.29, 1.82) is 0 Å². The summed E-state index contributed by atoms with van der Waals surface area (Å²) in [4.78, 5) is 11.5. The van der Waals surface area contributed by atoms with E-state index >= 15 is 0 Å². The summed E-state index contributed by atoms with van der Waals surface area (Å²) in [6, 6.07) is -0.130. The van der Waals surface area contributed by atoms with Crippen molar-refractivity contribution >= 4 is 5.91 Å². The number of nitrogens with one attached hydrogen (secondary N) is 2. The highest BCUT2D eigenvalue weighted by Crippen LogP contribution is 2.09. The molecule has 0 radical (unpaired) electrons. The van der Waals surface area contributed by atoms with Crippen molar-refractivity contribution in [3.8, 4) is 0 Å². The van der Waals surface area contributed by atoms with Crippen LogP contribution in [0.1, 0.15) is 19.8 Å². The summed E-state index contributed by atoms with van der Waals surface area (Å²) in [5.74, 6) is 0.150. The zero-order valence-electron chi connectivity index (χ0n) is 8.05. The van der Waals surface area contributed by atoms with Crippen LogP contribution in [0.25, 0.3) is 0 Å². The normalized spacial score (nSPS) is 25.2. The molecular formula is C9H18N2O2. The fourth-order valence-corrected chi connectivity index (χ4v) is 1.48. The van der Waals surface area contributed by atoms with Gasteiger partial charge in [0.1, 0.15) is 0 Å². The number of carbonyl (C=O) groups excluding carboxylic acids is 1. The van der Waals surface area contributed by atoms with Crippen LogP contribution in [0.2, 0.25) is 0 Å². The molecule has 3 N–H and O–H groups in total. The predicted octanol–water partition coefficient (Wildman–Crippen LogP) is -0.517. The van der Waals surface area contributed by atoms with Crippen molar-refractivity contribution in [2.24, 2.45) is 5.92 Å². The summed E-state index contributed by atoms with van der Waals surface area (Å²) in [5, 5.41) is 14.7. The molecule has 1 aliphatic heterocycles. The van der Waals surface area contributed by atoms with Gasteiger partial charge >= 0.3 is 0 Å². The smallest absolute Gasteiger partial charge is 0.224 e. The quantitative estimate of drug-likeness (QED) is 0.556. The van der Waals surface area contributed by atoms with Gasteiger partial charge in [0.05, 0.1) is 12.5 Å². The minimum atomic E-state index is -0.130. The van der Waals surface area contributed by atoms with Crippen LogP contribution in [-0.4, -0.2) is 36.8 Å². The molecule has 1 aliphatic rings. The average Bonchev–Trinajstić information content (AvgIpc) is 2.19. The topological polar surface area (TPSA) is 61.4 Å². The molecule has 0 spiro atoms. The Morgan fingerprint density at radius 3 is 3.08 bits per heavy atom. The van der Waals surface area contributed by atoms with Crippen molar-refractivity contribution in [2.75, 3.05) is 19.7 Å². The molecule has 0 saturated carbocycles. The molecule has 0 aromatic heterocycles. The minimum absolute atomic E-state index is 0.00584. The maximum absolute atomic E-state index is 11.5. The van der Waals surface area contributed by atoms with Gasteiger partial charge in [0.25, 0.3) is 0 Å². The molecule has 0 bridgehead atoms. The number of aliphatic hydroxyl groups excluding tert-OH is 1. The molecule has 1 amide bonds. The Morgan fingerprint density at radius 2 is 2.54 bits per heavy atom. The molecule has 1 unspecified atom stereocenters. The first-order valence-corrected chi connectivity index (χ1v) is 4.86. The van der Waals surface area contributed by atoms with E-state index in [0.29, 0.717) is 0 Å². The molecule has 1 fully saturated rings. The molecule has 0 aliphatic carbocycles. The first-order valence-electron chi connectivity index (χ1n) is 4.86. The average molecular weight is 186 g/mol. The lowest BCUT2D eigenvalue weighted by molar-refractivity contribution is -0.126. The summed E-state index contributed by atoms with van der Waals surface area (Å²) < 4.78 is 0. The van der Waals surface area contributed by atoms with Crippen LogP contribution in [0.3, 0.4) is 0 Å². The largest absolute Gasteiger partial charge is 0.394 e. The van der Waals surface area contributed by atoms with Gasteiger partial charge in [-0.05, 0) is 26.3 Å². The van der Waals surface area contributed by atoms with Crippen molar-refractivity contribution in [2.45, 2.75) is 25.8 Å². The zero-order valence-corrected chi connectivity index (χ0v) is 8.05. The minimum Gasteiger partial charge on any atom is -0.394 e. The van der Waals surface area contributed by atoms with E-state index in [1.807, 2.05) is 0 Å². The maximum atomic E-state index is 11.5. The molecule has 1 saturated heterocycles. The molecule has 4 nitrogen and oxygen atoms in total. The Labute approximate surface area is 78.7 Å². The van der Waals surface area contributed by atoms with E-state index in [2.05, 4.69) is 10.6 Å². The van der Waals surface area contributed by atoms with Gasteiger partial charge < -0.3 is 15.7 Å². The number of rotatable bonds is 3. The van der Waals surface area contributed by atoms with Crippen LogP contribution in [0.15, 0.2) is 0 Å². The van der Waals surface area contributed by atoms with E-state index in [1.54, 1.807) is 6.92 Å². The van der Waals surface area contributed by atoms with Crippen LogP contribution in [0, 0.1) is 5.92 Å². The Kier molecular flexibility index (Phi) is 4.18. The fraction of sp³-hybridized carbons (Fsp3) is 0.889. The van der Waals surface area contributed by atoms with Gasteiger partial charge in [-0.25, -0.2) is 0 Å². The lowest BCUT2D eigenvalue weighted by Gasteiger charge is -2.23. The summed E-state index contributed by atoms with van der Waals surface area (Å²) in [6.07, 6.45) is 2.02. The summed E-state index contributed by atoms with van der Waals surface area (Å²) in [6.45, 7) is 3.59. The Bertz CT molecular complexity index is 167. The molecule has 0 aromatic carbocycles. The first-order chi connectivity index (χ1) is 6.24. The van der Waals surface area contributed by atoms with Gasteiger partial charge in [0.2, 0.25) is 5.91 Å². The van der Waals surface area contributed by atoms with E-state index in [9.17, 15) is 4.79 Å². The molecule has 1 heterocycles. The van der Waals surface area contributed by atoms with Crippen LogP contribution >= 0.6 is 0 Å². The molecule has 0 aromatic rings. The lowest BCUT2D eigenvalue weighted by Crippen LogP contribution is -2.44. The van der Waals surface area contributed by atoms with Gasteiger partial charge in [-0.2, -0.15) is 0 Å². The highest BCUT2D eigenvalue weighted by Gasteiger charge is 2.21. The maximum Gasteiger partial charge on any atom is 0.224 e. The first kappa shape index (κ1) is 10.5. The van der Waals surface area contributed by atoms with E-state index in [4.69, 9.17) is 5.11 Å². The predicted molar refractivity (Wildman–Crippen MR) is 50.3 cm³/mol. The fourth-order valence-electron chi connectivity index (χ4n) is 1.48. The lowest BCUT2D eigenvalue weighted by atomic mass is 9.98. The highest BCUT2D eigenvalue weighted by molar-refractivity contribution is 5.79. The van der Waals surface area contributed by atoms with Crippen LogP contribution < -0.4 is 10.6 Å². The van der Waals surface area contributed by atoms with E-state index in [-0.39, 0.29) is 24.5 Å². The molecule has 76 valence electrons. The van der Waals surface area contributed by atoms with E-state index < -0.39 is 0 Å². The molecular weight excluding hydrogens is 168 g/mol. The number of amides is 1. The Hall–Kier alpha value is -0.610. The second-order valence-electron chi connectivity index (χ2n) is 3.64. The van der Waals surface area contributed by atoms with Crippen LogP contribution in [0.4, 0.5) is 0 Å².